The number of aromatic nitrogens is 3. The van der Waals surface area contributed by atoms with Gasteiger partial charge in [-0.25, -0.2) is 13.2 Å². The highest BCUT2D eigenvalue weighted by Crippen LogP contribution is 2.35. The minimum absolute atomic E-state index is 0.0460. The molecule has 2 saturated heterocycles. The molecule has 35 heavy (non-hydrogen) atoms. The standard InChI is InChI=1S/C24H25N5O5S/c30-23(22-13-21(26-27-22)20-3-1-2-10-25-20)28-11-8-17-14-29(15-18(17)9-12-28)35(33,34)19-6-4-16(5-7-19)24(31)32/h1-7,10,13,17-18H,8-9,11-12,14-15H2,(H,26,27)(H,31,32)/t17-,18+. The molecule has 0 spiro atoms. The number of sulfonamides is 1. The fourth-order valence-electron chi connectivity index (χ4n) is 4.87. The number of likely N-dealkylation sites (tertiary alicyclic amines) is 1. The van der Waals surface area contributed by atoms with Gasteiger partial charge in [-0.05, 0) is 67.1 Å². The van der Waals surface area contributed by atoms with E-state index in [-0.39, 0.29) is 28.2 Å². The molecule has 4 heterocycles. The second-order valence-corrected chi connectivity index (χ2v) is 10.9. The van der Waals surface area contributed by atoms with E-state index in [0.717, 1.165) is 0 Å². The molecule has 2 N–H and O–H groups in total. The van der Waals surface area contributed by atoms with Gasteiger partial charge in [0.2, 0.25) is 10.0 Å². The predicted octanol–water partition coefficient (Wildman–Crippen LogP) is 2.34. The molecule has 182 valence electrons. The van der Waals surface area contributed by atoms with Crippen LogP contribution in [-0.4, -0.2) is 76.0 Å². The number of carboxylic acid groups (broad SMARTS) is 1. The van der Waals surface area contributed by atoms with E-state index in [1.807, 2.05) is 18.2 Å². The maximum Gasteiger partial charge on any atom is 0.335 e. The van der Waals surface area contributed by atoms with E-state index in [1.165, 1.54) is 28.6 Å². The first-order valence-electron chi connectivity index (χ1n) is 11.4. The second-order valence-electron chi connectivity index (χ2n) is 8.92. The molecule has 0 aliphatic carbocycles. The van der Waals surface area contributed by atoms with Gasteiger partial charge < -0.3 is 10.0 Å². The van der Waals surface area contributed by atoms with Gasteiger partial charge in [0, 0.05) is 32.4 Å². The molecule has 0 bridgehead atoms. The molecule has 0 radical (unpaired) electrons. The number of carboxylic acids is 1. The molecule has 0 unspecified atom stereocenters. The topological polar surface area (TPSA) is 137 Å². The summed E-state index contributed by atoms with van der Waals surface area (Å²) < 4.78 is 27.7. The molecular weight excluding hydrogens is 470 g/mol. The predicted molar refractivity (Wildman–Crippen MR) is 126 cm³/mol. The highest BCUT2D eigenvalue weighted by Gasteiger charge is 2.41. The lowest BCUT2D eigenvalue weighted by Crippen LogP contribution is -2.34. The number of aromatic carboxylic acids is 1. The number of fused-ring (bicyclic) bond motifs is 1. The number of nitrogens with one attached hydrogen (secondary N) is 1. The van der Waals surface area contributed by atoms with E-state index in [9.17, 15) is 18.0 Å². The summed E-state index contributed by atoms with van der Waals surface area (Å²) in [4.78, 5) is 30.3. The SMILES string of the molecule is O=C(O)c1ccc(S(=O)(=O)N2C[C@H]3CCN(C(=O)c4cc(-c5ccccn5)n[nH]4)CC[C@H]3C2)cc1. The normalized spacial score (nSPS) is 20.9. The first-order valence-corrected chi connectivity index (χ1v) is 12.9. The monoisotopic (exact) mass is 495 g/mol. The lowest BCUT2D eigenvalue weighted by Gasteiger charge is -2.21. The van der Waals surface area contributed by atoms with E-state index >= 15 is 0 Å². The van der Waals surface area contributed by atoms with E-state index in [0.29, 0.717) is 56.1 Å². The number of benzene rings is 1. The molecule has 2 aromatic heterocycles. The molecule has 2 fully saturated rings. The van der Waals surface area contributed by atoms with E-state index < -0.39 is 16.0 Å². The maximum atomic E-state index is 13.1. The molecule has 3 aromatic rings. The van der Waals surface area contributed by atoms with Gasteiger partial charge >= 0.3 is 5.97 Å². The molecule has 1 amide bonds. The third-order valence-corrected chi connectivity index (χ3v) is 8.69. The molecule has 2 atom stereocenters. The third-order valence-electron chi connectivity index (χ3n) is 6.84. The van der Waals surface area contributed by atoms with Crippen molar-refractivity contribution in [1.29, 1.82) is 0 Å². The lowest BCUT2D eigenvalue weighted by atomic mass is 9.92. The van der Waals surface area contributed by atoms with Gasteiger partial charge in [0.1, 0.15) is 11.4 Å². The quantitative estimate of drug-likeness (QED) is 0.554. The molecule has 10 nitrogen and oxygen atoms in total. The summed E-state index contributed by atoms with van der Waals surface area (Å²) in [6, 6.07) is 12.5. The van der Waals surface area contributed by atoms with E-state index in [2.05, 4.69) is 15.2 Å². The van der Waals surface area contributed by atoms with Crippen LogP contribution in [0.3, 0.4) is 0 Å². The fourth-order valence-corrected chi connectivity index (χ4v) is 6.42. The molecule has 2 aliphatic rings. The Morgan fingerprint density at radius 3 is 2.26 bits per heavy atom. The molecule has 5 rings (SSSR count). The Hall–Kier alpha value is -3.57. The number of pyridine rings is 1. The van der Waals surface area contributed by atoms with Crippen LogP contribution in [0.1, 0.15) is 33.7 Å². The van der Waals surface area contributed by atoms with Crippen LogP contribution in [0.5, 0.6) is 0 Å². The van der Waals surface area contributed by atoms with Crippen molar-refractivity contribution in [2.75, 3.05) is 26.2 Å². The average Bonchev–Trinajstić information content (AvgIpc) is 3.48. The summed E-state index contributed by atoms with van der Waals surface area (Å²) >= 11 is 0. The molecule has 0 saturated carbocycles. The number of H-pyrrole nitrogens is 1. The van der Waals surface area contributed by atoms with Crippen molar-refractivity contribution in [2.45, 2.75) is 17.7 Å². The summed E-state index contributed by atoms with van der Waals surface area (Å²) in [7, 11) is -3.71. The maximum absolute atomic E-state index is 13.1. The molecule has 1 aromatic carbocycles. The van der Waals surface area contributed by atoms with Crippen LogP contribution in [-0.2, 0) is 10.0 Å². The van der Waals surface area contributed by atoms with Crippen LogP contribution in [0, 0.1) is 11.8 Å². The van der Waals surface area contributed by atoms with Gasteiger partial charge in [-0.1, -0.05) is 6.07 Å². The largest absolute Gasteiger partial charge is 0.478 e. The Morgan fingerprint density at radius 1 is 0.971 bits per heavy atom. The summed E-state index contributed by atoms with van der Waals surface area (Å²) in [5, 5.41) is 16.1. The zero-order valence-corrected chi connectivity index (χ0v) is 19.7. The fraction of sp³-hybridized carbons (Fsp3) is 0.333. The summed E-state index contributed by atoms with van der Waals surface area (Å²) in [6.07, 6.45) is 3.09. The highest BCUT2D eigenvalue weighted by atomic mass is 32.2. The van der Waals surface area contributed by atoms with Crippen molar-refractivity contribution in [3.63, 3.8) is 0 Å². The zero-order chi connectivity index (χ0) is 24.6. The van der Waals surface area contributed by atoms with Crippen molar-refractivity contribution >= 4 is 21.9 Å². The van der Waals surface area contributed by atoms with Gasteiger partial charge in [-0.15, -0.1) is 0 Å². The number of rotatable bonds is 5. The van der Waals surface area contributed by atoms with Crippen LogP contribution >= 0.6 is 0 Å². The number of nitrogens with zero attached hydrogens (tertiary/aromatic N) is 4. The summed E-state index contributed by atoms with van der Waals surface area (Å²) in [5.41, 5.74) is 1.75. The average molecular weight is 496 g/mol. The van der Waals surface area contributed by atoms with Gasteiger partial charge in [-0.3, -0.25) is 14.9 Å². The number of hydrogen-bond donors (Lipinski definition) is 2. The lowest BCUT2D eigenvalue weighted by molar-refractivity contribution is 0.0695. The van der Waals surface area contributed by atoms with Crippen LogP contribution < -0.4 is 0 Å². The first-order chi connectivity index (χ1) is 16.8. The van der Waals surface area contributed by atoms with Crippen molar-refractivity contribution in [1.82, 2.24) is 24.4 Å². The van der Waals surface area contributed by atoms with Crippen LogP contribution in [0.25, 0.3) is 11.4 Å². The van der Waals surface area contributed by atoms with Crippen molar-refractivity contribution in [3.05, 3.63) is 66.0 Å². The highest BCUT2D eigenvalue weighted by molar-refractivity contribution is 7.89. The molecule has 2 aliphatic heterocycles. The van der Waals surface area contributed by atoms with E-state index in [4.69, 9.17) is 5.11 Å². The van der Waals surface area contributed by atoms with Crippen LogP contribution in [0.15, 0.2) is 59.6 Å². The number of hydrogen-bond acceptors (Lipinski definition) is 6. The smallest absolute Gasteiger partial charge is 0.335 e. The Bertz CT molecular complexity index is 1320. The Labute approximate surface area is 202 Å². The van der Waals surface area contributed by atoms with Gasteiger partial charge in [0.15, 0.2) is 0 Å². The zero-order valence-electron chi connectivity index (χ0n) is 18.9. The number of aromatic amines is 1. The van der Waals surface area contributed by atoms with Crippen LogP contribution in [0.4, 0.5) is 0 Å². The van der Waals surface area contributed by atoms with Gasteiger partial charge in [0.05, 0.1) is 16.2 Å². The minimum Gasteiger partial charge on any atom is -0.478 e. The Morgan fingerprint density at radius 2 is 1.66 bits per heavy atom. The van der Waals surface area contributed by atoms with Crippen LogP contribution in [0.2, 0.25) is 0 Å². The third kappa shape index (κ3) is 4.56. The number of carbonyl (C=O) groups is 2. The van der Waals surface area contributed by atoms with Crippen molar-refractivity contribution in [2.24, 2.45) is 11.8 Å². The minimum atomic E-state index is -3.71. The Kier molecular flexibility index (Phi) is 6.12. The second kappa shape index (κ2) is 9.23. The van der Waals surface area contributed by atoms with E-state index in [1.54, 1.807) is 17.2 Å². The summed E-state index contributed by atoms with van der Waals surface area (Å²) in [6.45, 7) is 1.87. The Balaban J connectivity index is 1.23. The van der Waals surface area contributed by atoms with Crippen molar-refractivity contribution < 1.29 is 23.1 Å². The van der Waals surface area contributed by atoms with Gasteiger partial charge in [0.25, 0.3) is 5.91 Å². The molecular formula is C24H25N5O5S. The number of carbonyl (C=O) groups excluding carboxylic acids is 1. The first kappa shape index (κ1) is 23.2. The summed E-state index contributed by atoms with van der Waals surface area (Å²) in [5.74, 6) is -0.902. The van der Waals surface area contributed by atoms with Crippen molar-refractivity contribution in [3.8, 4) is 11.4 Å². The van der Waals surface area contributed by atoms with Gasteiger partial charge in [-0.2, -0.15) is 9.40 Å². The molecule has 11 heteroatoms. The number of amides is 1.